The maximum Gasteiger partial charge on any atom is 0.246 e. The van der Waals surface area contributed by atoms with Crippen LogP contribution in [-0.2, 0) is 14.8 Å². The number of hydrogen-bond acceptors (Lipinski definition) is 4. The SMILES string of the molecule is COCCN(CC(C)C)S(=O)(=O)c1cnccc1Cl. The zero-order valence-corrected chi connectivity index (χ0v) is 12.9. The summed E-state index contributed by atoms with van der Waals surface area (Å²) >= 11 is 5.95. The number of aromatic nitrogens is 1. The molecule has 0 saturated carbocycles. The van der Waals surface area contributed by atoms with Gasteiger partial charge in [-0.25, -0.2) is 8.42 Å². The van der Waals surface area contributed by atoms with Crippen molar-refractivity contribution >= 4 is 21.6 Å². The number of pyridine rings is 1. The zero-order chi connectivity index (χ0) is 14.5. The van der Waals surface area contributed by atoms with Crippen LogP contribution < -0.4 is 0 Å². The fourth-order valence-corrected chi connectivity index (χ4v) is 3.60. The number of halogens is 1. The van der Waals surface area contributed by atoms with Crippen molar-refractivity contribution in [3.63, 3.8) is 0 Å². The van der Waals surface area contributed by atoms with Gasteiger partial charge in [-0.3, -0.25) is 4.98 Å². The molecule has 1 rings (SSSR count). The van der Waals surface area contributed by atoms with E-state index in [9.17, 15) is 8.42 Å². The van der Waals surface area contributed by atoms with Crippen LogP contribution in [0.15, 0.2) is 23.4 Å². The van der Waals surface area contributed by atoms with E-state index in [2.05, 4.69) is 4.98 Å². The number of rotatable bonds is 7. The van der Waals surface area contributed by atoms with Crippen molar-refractivity contribution in [1.29, 1.82) is 0 Å². The predicted molar refractivity (Wildman–Crippen MR) is 74.7 cm³/mol. The minimum atomic E-state index is -3.64. The maximum absolute atomic E-state index is 12.5. The molecular formula is C12H19ClN2O3S. The molecule has 0 N–H and O–H groups in total. The van der Waals surface area contributed by atoms with Crippen molar-refractivity contribution in [1.82, 2.24) is 9.29 Å². The van der Waals surface area contributed by atoms with Gasteiger partial charge in [-0.15, -0.1) is 0 Å². The molecule has 7 heteroatoms. The van der Waals surface area contributed by atoms with Gasteiger partial charge in [0.2, 0.25) is 10.0 Å². The molecule has 1 aromatic heterocycles. The molecule has 0 aliphatic heterocycles. The van der Waals surface area contributed by atoms with Gasteiger partial charge >= 0.3 is 0 Å². The molecule has 0 saturated heterocycles. The molecule has 1 aromatic rings. The molecule has 0 spiro atoms. The van der Waals surface area contributed by atoms with Gasteiger partial charge in [0.15, 0.2) is 0 Å². The first kappa shape index (κ1) is 16.4. The fraction of sp³-hybridized carbons (Fsp3) is 0.583. The molecule has 0 atom stereocenters. The van der Waals surface area contributed by atoms with Crippen LogP contribution in [0.2, 0.25) is 5.02 Å². The van der Waals surface area contributed by atoms with Gasteiger partial charge < -0.3 is 4.74 Å². The highest BCUT2D eigenvalue weighted by atomic mass is 35.5. The number of sulfonamides is 1. The van der Waals surface area contributed by atoms with Crippen LogP contribution in [0.5, 0.6) is 0 Å². The van der Waals surface area contributed by atoms with Crippen LogP contribution in [0.1, 0.15) is 13.8 Å². The molecule has 0 amide bonds. The normalized spacial score (nSPS) is 12.3. The molecule has 0 radical (unpaired) electrons. The second-order valence-electron chi connectivity index (χ2n) is 4.56. The lowest BCUT2D eigenvalue weighted by atomic mass is 10.2. The summed E-state index contributed by atoms with van der Waals surface area (Å²) in [5.41, 5.74) is 0. The third-order valence-corrected chi connectivity index (χ3v) is 4.80. The lowest BCUT2D eigenvalue weighted by molar-refractivity contribution is 0.175. The molecular weight excluding hydrogens is 288 g/mol. The Labute approximate surface area is 119 Å². The highest BCUT2D eigenvalue weighted by molar-refractivity contribution is 7.89. The highest BCUT2D eigenvalue weighted by Gasteiger charge is 2.27. The molecule has 0 fully saturated rings. The second-order valence-corrected chi connectivity index (χ2v) is 6.87. The van der Waals surface area contributed by atoms with Crippen molar-refractivity contribution in [2.24, 2.45) is 5.92 Å². The first-order chi connectivity index (χ1) is 8.89. The Morgan fingerprint density at radius 2 is 2.16 bits per heavy atom. The van der Waals surface area contributed by atoms with E-state index in [1.165, 1.54) is 29.9 Å². The van der Waals surface area contributed by atoms with E-state index in [1.807, 2.05) is 13.8 Å². The zero-order valence-electron chi connectivity index (χ0n) is 11.3. The van der Waals surface area contributed by atoms with E-state index in [0.717, 1.165) is 0 Å². The molecule has 0 aromatic carbocycles. The summed E-state index contributed by atoms with van der Waals surface area (Å²) in [7, 11) is -2.10. The van der Waals surface area contributed by atoms with E-state index < -0.39 is 10.0 Å². The third-order valence-electron chi connectivity index (χ3n) is 2.47. The molecule has 0 unspecified atom stereocenters. The van der Waals surface area contributed by atoms with Crippen LogP contribution in [0, 0.1) is 5.92 Å². The second kappa shape index (κ2) is 7.19. The van der Waals surface area contributed by atoms with Gasteiger partial charge in [0.25, 0.3) is 0 Å². The summed E-state index contributed by atoms with van der Waals surface area (Å²) in [5, 5.41) is 0.182. The molecule has 0 aliphatic carbocycles. The number of nitrogens with zero attached hydrogens (tertiary/aromatic N) is 2. The lowest BCUT2D eigenvalue weighted by Crippen LogP contribution is -2.36. The highest BCUT2D eigenvalue weighted by Crippen LogP contribution is 2.23. The number of hydrogen-bond donors (Lipinski definition) is 0. The van der Waals surface area contributed by atoms with Crippen LogP contribution in [0.3, 0.4) is 0 Å². The molecule has 0 bridgehead atoms. The Bertz CT molecular complexity index is 505. The van der Waals surface area contributed by atoms with Crippen molar-refractivity contribution in [3.05, 3.63) is 23.5 Å². The summed E-state index contributed by atoms with van der Waals surface area (Å²) in [6, 6.07) is 1.47. The summed E-state index contributed by atoms with van der Waals surface area (Å²) in [6.07, 6.45) is 2.74. The van der Waals surface area contributed by atoms with E-state index >= 15 is 0 Å². The van der Waals surface area contributed by atoms with Crippen LogP contribution in [0.25, 0.3) is 0 Å². The Hall–Kier alpha value is -0.690. The van der Waals surface area contributed by atoms with Crippen molar-refractivity contribution in [3.8, 4) is 0 Å². The quantitative estimate of drug-likeness (QED) is 0.773. The van der Waals surface area contributed by atoms with Crippen molar-refractivity contribution < 1.29 is 13.2 Å². The summed E-state index contributed by atoms with van der Waals surface area (Å²) in [4.78, 5) is 3.87. The van der Waals surface area contributed by atoms with Crippen molar-refractivity contribution in [2.45, 2.75) is 18.7 Å². The van der Waals surface area contributed by atoms with Gasteiger partial charge in [-0.2, -0.15) is 4.31 Å². The van der Waals surface area contributed by atoms with Gasteiger partial charge in [-0.05, 0) is 12.0 Å². The minimum absolute atomic E-state index is 0.0356. The smallest absolute Gasteiger partial charge is 0.246 e. The number of ether oxygens (including phenoxy) is 1. The minimum Gasteiger partial charge on any atom is -0.383 e. The Kier molecular flexibility index (Phi) is 6.19. The molecule has 5 nitrogen and oxygen atoms in total. The number of methoxy groups -OCH3 is 1. The van der Waals surface area contributed by atoms with Crippen LogP contribution in [-0.4, -0.2) is 44.5 Å². The third kappa shape index (κ3) is 4.42. The largest absolute Gasteiger partial charge is 0.383 e. The van der Waals surface area contributed by atoms with Gasteiger partial charge in [0.05, 0.1) is 11.6 Å². The predicted octanol–water partition coefficient (Wildman–Crippen LogP) is 2.03. The summed E-state index contributed by atoms with van der Waals surface area (Å²) in [6.45, 7) is 4.96. The van der Waals surface area contributed by atoms with E-state index in [4.69, 9.17) is 16.3 Å². The first-order valence-corrected chi connectivity index (χ1v) is 7.80. The Morgan fingerprint density at radius 1 is 1.47 bits per heavy atom. The van der Waals surface area contributed by atoms with E-state index in [0.29, 0.717) is 19.7 Å². The summed E-state index contributed by atoms with van der Waals surface area (Å²) in [5.74, 6) is 0.210. The van der Waals surface area contributed by atoms with Gasteiger partial charge in [-0.1, -0.05) is 25.4 Å². The van der Waals surface area contributed by atoms with Crippen LogP contribution >= 0.6 is 11.6 Å². The molecule has 108 valence electrons. The lowest BCUT2D eigenvalue weighted by Gasteiger charge is -2.23. The average molecular weight is 307 g/mol. The fourth-order valence-electron chi connectivity index (χ4n) is 1.60. The standard InChI is InChI=1S/C12H19ClN2O3S/c1-10(2)9-15(6-7-18-3)19(16,17)12-8-14-5-4-11(12)13/h4-5,8,10H,6-7,9H2,1-3H3. The molecule has 19 heavy (non-hydrogen) atoms. The van der Waals surface area contributed by atoms with Crippen LogP contribution in [0.4, 0.5) is 0 Å². The summed E-state index contributed by atoms with van der Waals surface area (Å²) < 4.78 is 31.4. The Balaban J connectivity index is 3.08. The van der Waals surface area contributed by atoms with Gasteiger partial charge in [0.1, 0.15) is 4.90 Å². The average Bonchev–Trinajstić information content (AvgIpc) is 2.34. The Morgan fingerprint density at radius 3 is 2.68 bits per heavy atom. The van der Waals surface area contributed by atoms with Crippen molar-refractivity contribution in [2.75, 3.05) is 26.8 Å². The van der Waals surface area contributed by atoms with E-state index in [1.54, 1.807) is 0 Å². The van der Waals surface area contributed by atoms with E-state index in [-0.39, 0.29) is 15.8 Å². The molecule has 0 aliphatic rings. The molecule has 1 heterocycles. The monoisotopic (exact) mass is 306 g/mol. The maximum atomic E-state index is 12.5. The topological polar surface area (TPSA) is 59.5 Å². The van der Waals surface area contributed by atoms with Gasteiger partial charge in [0, 0.05) is 32.6 Å². The first-order valence-electron chi connectivity index (χ1n) is 5.98.